The van der Waals surface area contributed by atoms with Crippen LogP contribution in [0.15, 0.2) is 60.7 Å². The summed E-state index contributed by atoms with van der Waals surface area (Å²) in [6.45, 7) is 0.124. The van der Waals surface area contributed by atoms with Gasteiger partial charge in [-0.2, -0.15) is 5.10 Å². The zero-order chi connectivity index (χ0) is 22.0. The number of carbonyl (C=O) groups excluding carboxylic acids is 2. The summed E-state index contributed by atoms with van der Waals surface area (Å²) in [7, 11) is 0. The number of H-pyrrole nitrogens is 1. The van der Waals surface area contributed by atoms with Crippen LogP contribution >= 0.6 is 0 Å². The second-order valence-corrected chi connectivity index (χ2v) is 6.76. The topological polar surface area (TPSA) is 113 Å². The molecule has 0 aliphatic carbocycles. The fourth-order valence-electron chi connectivity index (χ4n) is 3.30. The van der Waals surface area contributed by atoms with Gasteiger partial charge in [0.05, 0.1) is 11.1 Å². The molecule has 3 amide bonds. The Balaban J connectivity index is 1.59. The monoisotopic (exact) mass is 421 g/mol. The molecule has 0 fully saturated rings. The number of fused-ring (bicyclic) bond motifs is 1. The Morgan fingerprint density at radius 2 is 1.81 bits per heavy atom. The van der Waals surface area contributed by atoms with Gasteiger partial charge in [0, 0.05) is 29.2 Å². The minimum atomic E-state index is -1.06. The van der Waals surface area contributed by atoms with Gasteiger partial charge in [0.2, 0.25) is 5.91 Å². The standard InChI is InChI=1S/C22H17F2N5O2/c23-16-9-8-13(10-17(16)24)27-22(31)26-11-12-4-1-2-5-14(12)20-19-15(21(25)30)6-3-7-18(19)28-29-20/h1-10H,11H2,(H2,25,30)(H,28,29)(H2,26,27,31). The molecule has 0 aliphatic rings. The number of nitrogens with zero attached hydrogens (tertiary/aromatic N) is 1. The number of hydrogen-bond donors (Lipinski definition) is 4. The van der Waals surface area contributed by atoms with E-state index in [1.165, 1.54) is 6.07 Å². The van der Waals surface area contributed by atoms with Crippen molar-refractivity contribution in [1.82, 2.24) is 15.5 Å². The zero-order valence-corrected chi connectivity index (χ0v) is 16.1. The minimum Gasteiger partial charge on any atom is -0.366 e. The molecule has 4 aromatic rings. The van der Waals surface area contributed by atoms with Crippen LogP contribution in [0.3, 0.4) is 0 Å². The molecule has 0 saturated heterocycles. The van der Waals surface area contributed by atoms with Crippen molar-refractivity contribution in [1.29, 1.82) is 0 Å². The highest BCUT2D eigenvalue weighted by Gasteiger charge is 2.17. The van der Waals surface area contributed by atoms with Gasteiger partial charge in [0.15, 0.2) is 11.6 Å². The smallest absolute Gasteiger partial charge is 0.319 e. The van der Waals surface area contributed by atoms with E-state index < -0.39 is 23.6 Å². The number of carbonyl (C=O) groups is 2. The van der Waals surface area contributed by atoms with Crippen molar-refractivity contribution >= 4 is 28.5 Å². The summed E-state index contributed by atoms with van der Waals surface area (Å²) in [5.41, 5.74) is 8.60. The van der Waals surface area contributed by atoms with E-state index in [9.17, 15) is 18.4 Å². The number of halogens is 2. The molecule has 9 heteroatoms. The molecule has 0 saturated carbocycles. The first-order valence-corrected chi connectivity index (χ1v) is 9.29. The van der Waals surface area contributed by atoms with E-state index in [4.69, 9.17) is 5.73 Å². The molecule has 4 rings (SSSR count). The summed E-state index contributed by atoms with van der Waals surface area (Å²) >= 11 is 0. The van der Waals surface area contributed by atoms with Crippen molar-refractivity contribution in [3.63, 3.8) is 0 Å². The van der Waals surface area contributed by atoms with Crippen molar-refractivity contribution < 1.29 is 18.4 Å². The molecule has 7 nitrogen and oxygen atoms in total. The summed E-state index contributed by atoms with van der Waals surface area (Å²) in [4.78, 5) is 24.1. The first-order valence-electron chi connectivity index (χ1n) is 9.29. The summed E-state index contributed by atoms with van der Waals surface area (Å²) in [6, 6.07) is 14.8. The highest BCUT2D eigenvalue weighted by molar-refractivity contribution is 6.10. The Morgan fingerprint density at radius 1 is 1.00 bits per heavy atom. The molecule has 3 aromatic carbocycles. The number of primary amides is 1. The zero-order valence-electron chi connectivity index (χ0n) is 16.1. The first kappa shape index (κ1) is 20.0. The Labute approximate surface area is 175 Å². The molecule has 0 aliphatic heterocycles. The predicted molar refractivity (Wildman–Crippen MR) is 112 cm³/mol. The maximum Gasteiger partial charge on any atom is 0.319 e. The fourth-order valence-corrected chi connectivity index (χ4v) is 3.30. The van der Waals surface area contributed by atoms with Gasteiger partial charge < -0.3 is 16.4 Å². The molecule has 5 N–H and O–H groups in total. The summed E-state index contributed by atoms with van der Waals surface area (Å²) in [5.74, 6) is -2.63. The number of urea groups is 1. The second kappa shape index (κ2) is 8.23. The van der Waals surface area contributed by atoms with E-state index in [1.807, 2.05) is 12.1 Å². The summed E-state index contributed by atoms with van der Waals surface area (Å²) < 4.78 is 26.4. The molecule has 0 radical (unpaired) electrons. The van der Waals surface area contributed by atoms with E-state index in [1.54, 1.807) is 30.3 Å². The maximum absolute atomic E-state index is 13.3. The van der Waals surface area contributed by atoms with Crippen LogP contribution in [0.1, 0.15) is 15.9 Å². The van der Waals surface area contributed by atoms with Crippen LogP contribution in [0.4, 0.5) is 19.3 Å². The molecule has 1 heterocycles. The summed E-state index contributed by atoms with van der Waals surface area (Å²) in [5, 5.41) is 12.9. The lowest BCUT2D eigenvalue weighted by atomic mass is 9.99. The van der Waals surface area contributed by atoms with Gasteiger partial charge in [-0.15, -0.1) is 0 Å². The maximum atomic E-state index is 13.3. The number of nitrogens with one attached hydrogen (secondary N) is 3. The average molecular weight is 421 g/mol. The van der Waals surface area contributed by atoms with E-state index in [-0.39, 0.29) is 12.2 Å². The van der Waals surface area contributed by atoms with E-state index in [0.717, 1.165) is 17.7 Å². The number of amides is 3. The van der Waals surface area contributed by atoms with Gasteiger partial charge in [-0.25, -0.2) is 13.6 Å². The third kappa shape index (κ3) is 4.06. The Morgan fingerprint density at radius 3 is 2.58 bits per heavy atom. The number of nitrogens with two attached hydrogens (primary N) is 1. The Kier molecular flexibility index (Phi) is 5.31. The lowest BCUT2D eigenvalue weighted by Crippen LogP contribution is -2.28. The Bertz CT molecular complexity index is 1300. The number of aromatic amines is 1. The van der Waals surface area contributed by atoms with Gasteiger partial charge in [-0.05, 0) is 29.8 Å². The van der Waals surface area contributed by atoms with Crippen molar-refractivity contribution in [3.8, 4) is 11.3 Å². The number of aromatic nitrogens is 2. The van der Waals surface area contributed by atoms with Gasteiger partial charge in [-0.1, -0.05) is 30.3 Å². The minimum absolute atomic E-state index is 0.120. The SMILES string of the molecule is NC(=O)c1cccc2[nH]nc(-c3ccccc3CNC(=O)Nc3ccc(F)c(F)c3)c12. The lowest BCUT2D eigenvalue weighted by molar-refractivity contribution is 0.100. The average Bonchev–Trinajstić information content (AvgIpc) is 3.19. The van der Waals surface area contributed by atoms with Crippen molar-refractivity contribution in [2.45, 2.75) is 6.54 Å². The number of anilines is 1. The predicted octanol–water partition coefficient (Wildman–Crippen LogP) is 3.93. The van der Waals surface area contributed by atoms with Gasteiger partial charge in [0.25, 0.3) is 0 Å². The highest BCUT2D eigenvalue weighted by Crippen LogP contribution is 2.31. The molecule has 0 bridgehead atoms. The first-order chi connectivity index (χ1) is 14.9. The second-order valence-electron chi connectivity index (χ2n) is 6.76. The van der Waals surface area contributed by atoms with Gasteiger partial charge >= 0.3 is 6.03 Å². The molecular weight excluding hydrogens is 404 g/mol. The lowest BCUT2D eigenvalue weighted by Gasteiger charge is -2.11. The number of benzene rings is 3. The fraction of sp³-hybridized carbons (Fsp3) is 0.0455. The molecule has 1 aromatic heterocycles. The van der Waals surface area contributed by atoms with Crippen molar-refractivity contribution in [2.24, 2.45) is 5.73 Å². The highest BCUT2D eigenvalue weighted by atomic mass is 19.2. The molecule has 0 unspecified atom stereocenters. The largest absolute Gasteiger partial charge is 0.366 e. The molecule has 31 heavy (non-hydrogen) atoms. The normalized spacial score (nSPS) is 10.8. The molecule has 0 atom stereocenters. The van der Waals surface area contributed by atoms with Crippen LogP contribution in [0, 0.1) is 11.6 Å². The van der Waals surface area contributed by atoms with E-state index in [0.29, 0.717) is 27.7 Å². The van der Waals surface area contributed by atoms with Gasteiger partial charge in [-0.3, -0.25) is 9.89 Å². The number of hydrogen-bond acceptors (Lipinski definition) is 3. The molecule has 0 spiro atoms. The van der Waals surface area contributed by atoms with Gasteiger partial charge in [0.1, 0.15) is 5.69 Å². The third-order valence-electron chi connectivity index (χ3n) is 4.74. The van der Waals surface area contributed by atoms with Crippen LogP contribution in [0.2, 0.25) is 0 Å². The van der Waals surface area contributed by atoms with Crippen LogP contribution in [-0.2, 0) is 6.54 Å². The van der Waals surface area contributed by atoms with Crippen LogP contribution in [0.5, 0.6) is 0 Å². The molecular formula is C22H17F2N5O2. The van der Waals surface area contributed by atoms with Crippen LogP contribution in [0.25, 0.3) is 22.2 Å². The third-order valence-corrected chi connectivity index (χ3v) is 4.74. The van der Waals surface area contributed by atoms with Crippen LogP contribution in [-0.4, -0.2) is 22.1 Å². The van der Waals surface area contributed by atoms with Crippen molar-refractivity contribution in [2.75, 3.05) is 5.32 Å². The van der Waals surface area contributed by atoms with E-state index >= 15 is 0 Å². The van der Waals surface area contributed by atoms with E-state index in [2.05, 4.69) is 20.8 Å². The summed E-state index contributed by atoms with van der Waals surface area (Å²) in [6.07, 6.45) is 0. The number of rotatable bonds is 5. The Hall–Kier alpha value is -4.27. The quantitative estimate of drug-likeness (QED) is 0.392. The molecule has 156 valence electrons. The van der Waals surface area contributed by atoms with Crippen molar-refractivity contribution in [3.05, 3.63) is 83.4 Å². The van der Waals surface area contributed by atoms with Crippen LogP contribution < -0.4 is 16.4 Å².